The van der Waals surface area contributed by atoms with Gasteiger partial charge in [0.15, 0.2) is 5.82 Å². The minimum atomic E-state index is -4.50. The number of hydrogen-bond donors (Lipinski definition) is 2. The van der Waals surface area contributed by atoms with Gasteiger partial charge in [-0.25, -0.2) is 9.97 Å². The van der Waals surface area contributed by atoms with E-state index in [0.717, 1.165) is 18.9 Å². The number of alkyl halides is 3. The molecule has 2 rings (SSSR count). The van der Waals surface area contributed by atoms with Crippen molar-refractivity contribution in [3.8, 4) is 0 Å². The van der Waals surface area contributed by atoms with Gasteiger partial charge in [0.25, 0.3) is 0 Å². The number of fused-ring (bicyclic) bond motifs is 1. The van der Waals surface area contributed by atoms with Crippen LogP contribution in [0.2, 0.25) is 0 Å². The Morgan fingerprint density at radius 2 is 1.95 bits per heavy atom. The van der Waals surface area contributed by atoms with Gasteiger partial charge in [0, 0.05) is 6.54 Å². The number of anilines is 2. The minimum Gasteiger partial charge on any atom is -0.368 e. The molecule has 0 aliphatic rings. The first-order chi connectivity index (χ1) is 9.41. The molecule has 108 valence electrons. The topological polar surface area (TPSA) is 76.7 Å². The number of nitrogens with two attached hydrogens (primary N) is 1. The number of nitrogens with one attached hydrogen (secondary N) is 1. The summed E-state index contributed by atoms with van der Waals surface area (Å²) >= 11 is 0. The van der Waals surface area contributed by atoms with Crippen LogP contribution in [0.5, 0.6) is 0 Å². The maximum atomic E-state index is 12.7. The van der Waals surface area contributed by atoms with Crippen molar-refractivity contribution >= 4 is 22.8 Å². The molecule has 0 saturated carbocycles. The number of unbranched alkanes of at least 4 members (excludes halogenated alkanes) is 1. The van der Waals surface area contributed by atoms with Crippen molar-refractivity contribution < 1.29 is 13.2 Å². The smallest absolute Gasteiger partial charge is 0.368 e. The lowest BCUT2D eigenvalue weighted by Crippen LogP contribution is -2.11. The highest BCUT2D eigenvalue weighted by atomic mass is 19.4. The van der Waals surface area contributed by atoms with Crippen molar-refractivity contribution in [2.24, 2.45) is 0 Å². The number of nitrogens with zero attached hydrogens (tertiary/aromatic N) is 3. The number of nitrogen functional groups attached to an aromatic ring is 1. The van der Waals surface area contributed by atoms with E-state index >= 15 is 0 Å². The SMILES string of the molecule is CCCCNc1nc(N)nc2ccc(C(F)(F)F)nc12. The van der Waals surface area contributed by atoms with Crippen LogP contribution in [0.15, 0.2) is 12.1 Å². The molecule has 0 aliphatic carbocycles. The van der Waals surface area contributed by atoms with E-state index in [1.807, 2.05) is 6.92 Å². The lowest BCUT2D eigenvalue weighted by atomic mass is 10.2. The lowest BCUT2D eigenvalue weighted by Gasteiger charge is -2.10. The summed E-state index contributed by atoms with van der Waals surface area (Å²) in [7, 11) is 0. The summed E-state index contributed by atoms with van der Waals surface area (Å²) in [6.07, 6.45) is -2.69. The molecule has 3 N–H and O–H groups in total. The first-order valence-electron chi connectivity index (χ1n) is 6.17. The van der Waals surface area contributed by atoms with E-state index in [4.69, 9.17) is 5.73 Å². The Labute approximate surface area is 113 Å². The van der Waals surface area contributed by atoms with Crippen molar-refractivity contribution in [3.63, 3.8) is 0 Å². The van der Waals surface area contributed by atoms with E-state index in [9.17, 15) is 13.2 Å². The Balaban J connectivity index is 2.48. The standard InChI is InChI=1S/C12H14F3N5/c1-2-3-6-17-10-9-7(18-11(16)20-10)4-5-8(19-9)12(13,14)15/h4-5H,2-3,6H2,1H3,(H3,16,17,18,20). The zero-order valence-corrected chi connectivity index (χ0v) is 10.8. The second-order valence-corrected chi connectivity index (χ2v) is 4.27. The van der Waals surface area contributed by atoms with Crippen LogP contribution in [-0.4, -0.2) is 21.5 Å². The molecule has 0 aromatic carbocycles. The molecule has 8 heteroatoms. The van der Waals surface area contributed by atoms with Crippen molar-refractivity contribution in [1.82, 2.24) is 15.0 Å². The molecule has 0 saturated heterocycles. The first-order valence-corrected chi connectivity index (χ1v) is 6.17. The van der Waals surface area contributed by atoms with Crippen LogP contribution in [0.4, 0.5) is 24.9 Å². The molecular formula is C12H14F3N5. The Bertz CT molecular complexity index is 612. The van der Waals surface area contributed by atoms with Crippen LogP contribution < -0.4 is 11.1 Å². The van der Waals surface area contributed by atoms with Crippen LogP contribution in [0.25, 0.3) is 11.0 Å². The Hall–Kier alpha value is -2.12. The molecule has 2 aromatic heterocycles. The fourth-order valence-electron chi connectivity index (χ4n) is 1.70. The lowest BCUT2D eigenvalue weighted by molar-refractivity contribution is -0.140. The Morgan fingerprint density at radius 3 is 2.60 bits per heavy atom. The first kappa shape index (κ1) is 14.3. The quantitative estimate of drug-likeness (QED) is 0.845. The van der Waals surface area contributed by atoms with Crippen LogP contribution >= 0.6 is 0 Å². The Morgan fingerprint density at radius 1 is 1.20 bits per heavy atom. The molecule has 0 unspecified atom stereocenters. The van der Waals surface area contributed by atoms with E-state index in [1.54, 1.807) is 0 Å². The third kappa shape index (κ3) is 3.06. The van der Waals surface area contributed by atoms with Gasteiger partial charge in [0.05, 0.1) is 5.52 Å². The summed E-state index contributed by atoms with van der Waals surface area (Å²) in [6, 6.07) is 2.12. The molecule has 0 spiro atoms. The molecule has 2 aromatic rings. The van der Waals surface area contributed by atoms with Crippen molar-refractivity contribution in [2.45, 2.75) is 25.9 Å². The van der Waals surface area contributed by atoms with Gasteiger partial charge in [0.2, 0.25) is 5.95 Å². The van der Waals surface area contributed by atoms with Crippen molar-refractivity contribution in [3.05, 3.63) is 17.8 Å². The fourth-order valence-corrected chi connectivity index (χ4v) is 1.70. The molecule has 0 atom stereocenters. The zero-order valence-electron chi connectivity index (χ0n) is 10.8. The van der Waals surface area contributed by atoms with Gasteiger partial charge in [-0.3, -0.25) is 0 Å². The summed E-state index contributed by atoms with van der Waals surface area (Å²) in [6.45, 7) is 2.59. The van der Waals surface area contributed by atoms with E-state index in [0.29, 0.717) is 6.54 Å². The van der Waals surface area contributed by atoms with Gasteiger partial charge in [-0.05, 0) is 18.6 Å². The maximum Gasteiger partial charge on any atom is 0.433 e. The fraction of sp³-hybridized carbons (Fsp3) is 0.417. The summed E-state index contributed by atoms with van der Waals surface area (Å²) < 4.78 is 38.1. The highest BCUT2D eigenvalue weighted by Crippen LogP contribution is 2.30. The van der Waals surface area contributed by atoms with E-state index in [2.05, 4.69) is 20.3 Å². The van der Waals surface area contributed by atoms with Gasteiger partial charge in [0.1, 0.15) is 11.2 Å². The third-order valence-electron chi connectivity index (χ3n) is 2.67. The number of aromatic nitrogens is 3. The van der Waals surface area contributed by atoms with Crippen molar-refractivity contribution in [1.29, 1.82) is 0 Å². The highest BCUT2D eigenvalue weighted by molar-refractivity contribution is 5.86. The molecule has 0 radical (unpaired) electrons. The molecule has 0 fully saturated rings. The molecular weight excluding hydrogens is 271 g/mol. The summed E-state index contributed by atoms with van der Waals surface area (Å²) in [5, 5.41) is 2.95. The van der Waals surface area contributed by atoms with Crippen LogP contribution in [0.1, 0.15) is 25.5 Å². The average Bonchev–Trinajstić information content (AvgIpc) is 2.37. The normalized spacial score (nSPS) is 11.8. The Kier molecular flexibility index (Phi) is 3.91. The second kappa shape index (κ2) is 5.48. The van der Waals surface area contributed by atoms with E-state index in [1.165, 1.54) is 6.07 Å². The largest absolute Gasteiger partial charge is 0.433 e. The molecule has 0 aliphatic heterocycles. The van der Waals surface area contributed by atoms with Crippen molar-refractivity contribution in [2.75, 3.05) is 17.6 Å². The maximum absolute atomic E-state index is 12.7. The number of hydrogen-bond acceptors (Lipinski definition) is 5. The molecule has 20 heavy (non-hydrogen) atoms. The predicted octanol–water partition coefficient (Wildman–Crippen LogP) is 2.84. The van der Waals surface area contributed by atoms with Crippen LogP contribution in [0.3, 0.4) is 0 Å². The van der Waals surface area contributed by atoms with Crippen LogP contribution in [-0.2, 0) is 6.18 Å². The van der Waals surface area contributed by atoms with Gasteiger partial charge < -0.3 is 11.1 Å². The second-order valence-electron chi connectivity index (χ2n) is 4.27. The van der Waals surface area contributed by atoms with Gasteiger partial charge in [-0.15, -0.1) is 0 Å². The average molecular weight is 285 g/mol. The minimum absolute atomic E-state index is 0.00180. The summed E-state index contributed by atoms with van der Waals surface area (Å²) in [4.78, 5) is 11.4. The van der Waals surface area contributed by atoms with Gasteiger partial charge in [-0.2, -0.15) is 18.2 Å². The monoisotopic (exact) mass is 285 g/mol. The van der Waals surface area contributed by atoms with Crippen LogP contribution in [0, 0.1) is 0 Å². The summed E-state index contributed by atoms with van der Waals surface area (Å²) in [5.74, 6) is 0.227. The van der Waals surface area contributed by atoms with Gasteiger partial charge >= 0.3 is 6.18 Å². The van der Waals surface area contributed by atoms with E-state index in [-0.39, 0.29) is 22.8 Å². The predicted molar refractivity (Wildman–Crippen MR) is 70.1 cm³/mol. The molecule has 5 nitrogen and oxygen atoms in total. The van der Waals surface area contributed by atoms with E-state index < -0.39 is 11.9 Å². The van der Waals surface area contributed by atoms with Gasteiger partial charge in [-0.1, -0.05) is 13.3 Å². The molecule has 0 amide bonds. The molecule has 2 heterocycles. The number of pyridine rings is 1. The highest BCUT2D eigenvalue weighted by Gasteiger charge is 2.32. The number of halogens is 3. The summed E-state index contributed by atoms with van der Waals surface area (Å²) in [5.41, 5.74) is 4.92. The number of rotatable bonds is 4. The molecule has 0 bridgehead atoms. The third-order valence-corrected chi connectivity index (χ3v) is 2.67. The zero-order chi connectivity index (χ0) is 14.8.